The van der Waals surface area contributed by atoms with Crippen LogP contribution in [0.1, 0.15) is 0 Å². The van der Waals surface area contributed by atoms with Crippen LogP contribution >= 0.6 is 0 Å². The molecule has 15 heteroatoms. The Morgan fingerprint density at radius 1 is 0.545 bits per heavy atom. The van der Waals surface area contributed by atoms with Crippen molar-refractivity contribution in [2.75, 3.05) is 26.4 Å². The molecule has 0 spiro atoms. The van der Waals surface area contributed by atoms with Crippen LogP contribution < -0.4 is 0 Å². The average molecular weight is 488 g/mol. The molecule has 3 fully saturated rings. The normalized spacial score (nSPS) is 51.5. The molecule has 0 aromatic rings. The number of rotatable bonds is 7. The maximum absolute atomic E-state index is 10.6. The molecule has 14 atom stereocenters. The van der Waals surface area contributed by atoms with E-state index in [1.165, 1.54) is 0 Å². The first-order chi connectivity index (χ1) is 15.6. The molecule has 3 aliphatic rings. The van der Waals surface area contributed by atoms with E-state index in [0.717, 1.165) is 0 Å². The fourth-order valence-electron chi connectivity index (χ4n) is 4.00. The van der Waals surface area contributed by atoms with Gasteiger partial charge in [0, 0.05) is 0 Å². The van der Waals surface area contributed by atoms with E-state index in [4.69, 9.17) is 23.7 Å². The molecule has 6 unspecified atom stereocenters. The van der Waals surface area contributed by atoms with Gasteiger partial charge >= 0.3 is 0 Å². The molecule has 3 rings (SSSR count). The second-order valence-electron chi connectivity index (χ2n) is 8.22. The number of hydrogen-bond donors (Lipinski definition) is 10. The highest BCUT2D eigenvalue weighted by Gasteiger charge is 2.52. The van der Waals surface area contributed by atoms with Crippen molar-refractivity contribution in [3.05, 3.63) is 0 Å². The first kappa shape index (κ1) is 27.0. The van der Waals surface area contributed by atoms with Crippen molar-refractivity contribution in [2.45, 2.75) is 85.8 Å². The van der Waals surface area contributed by atoms with Gasteiger partial charge in [-0.05, 0) is 0 Å². The maximum Gasteiger partial charge on any atom is 0.187 e. The SMILES string of the molecule is OCC1O[C@H](O[C@@H]2C(CO)O[C@H](O[C@@H]3C(CO)OCC(O)[C@H]3O)[C@@H](O)C2O)[C@@H](O)C(O)[C@@H]1O. The van der Waals surface area contributed by atoms with Crippen molar-refractivity contribution >= 4 is 0 Å². The van der Waals surface area contributed by atoms with Crippen LogP contribution in [0, 0.1) is 0 Å². The van der Waals surface area contributed by atoms with Crippen molar-refractivity contribution in [1.29, 1.82) is 0 Å². The van der Waals surface area contributed by atoms with Gasteiger partial charge in [-0.25, -0.2) is 0 Å². The van der Waals surface area contributed by atoms with Crippen LogP contribution in [-0.2, 0) is 23.7 Å². The van der Waals surface area contributed by atoms with Crippen molar-refractivity contribution < 1.29 is 74.7 Å². The highest BCUT2D eigenvalue weighted by atomic mass is 16.7. The third-order valence-electron chi connectivity index (χ3n) is 6.01. The molecule has 194 valence electrons. The van der Waals surface area contributed by atoms with E-state index in [1.807, 2.05) is 0 Å². The predicted molar refractivity (Wildman–Crippen MR) is 100 cm³/mol. The van der Waals surface area contributed by atoms with Crippen molar-refractivity contribution in [2.24, 2.45) is 0 Å². The van der Waals surface area contributed by atoms with Crippen LogP contribution in [0.5, 0.6) is 0 Å². The highest BCUT2D eigenvalue weighted by Crippen LogP contribution is 2.31. The Balaban J connectivity index is 1.71. The van der Waals surface area contributed by atoms with Crippen molar-refractivity contribution in [1.82, 2.24) is 0 Å². The fourth-order valence-corrected chi connectivity index (χ4v) is 4.00. The van der Waals surface area contributed by atoms with Gasteiger partial charge in [-0.3, -0.25) is 0 Å². The molecule has 0 aromatic heterocycles. The van der Waals surface area contributed by atoms with E-state index >= 15 is 0 Å². The summed E-state index contributed by atoms with van der Waals surface area (Å²) in [5, 5.41) is 99.4. The lowest BCUT2D eigenvalue weighted by Crippen LogP contribution is -2.66. The minimum Gasteiger partial charge on any atom is -0.394 e. The largest absolute Gasteiger partial charge is 0.394 e. The second-order valence-corrected chi connectivity index (χ2v) is 8.22. The minimum absolute atomic E-state index is 0.267. The van der Waals surface area contributed by atoms with Gasteiger partial charge in [-0.15, -0.1) is 0 Å². The van der Waals surface area contributed by atoms with Crippen molar-refractivity contribution in [3.63, 3.8) is 0 Å². The molecule has 0 radical (unpaired) electrons. The first-order valence-corrected chi connectivity index (χ1v) is 10.5. The van der Waals surface area contributed by atoms with Crippen LogP contribution in [0.2, 0.25) is 0 Å². The quantitative estimate of drug-likeness (QED) is 0.160. The Labute approximate surface area is 187 Å². The van der Waals surface area contributed by atoms with E-state index < -0.39 is 106 Å². The smallest absolute Gasteiger partial charge is 0.187 e. The molecule has 0 saturated carbocycles. The molecule has 3 saturated heterocycles. The van der Waals surface area contributed by atoms with Gasteiger partial charge in [0.05, 0.1) is 26.4 Å². The van der Waals surface area contributed by atoms with E-state index in [1.54, 1.807) is 0 Å². The van der Waals surface area contributed by atoms with E-state index in [0.29, 0.717) is 0 Å². The van der Waals surface area contributed by atoms with Gasteiger partial charge < -0.3 is 74.7 Å². The number of aliphatic hydroxyl groups is 10. The summed E-state index contributed by atoms with van der Waals surface area (Å²) >= 11 is 0. The second kappa shape index (κ2) is 11.4. The monoisotopic (exact) mass is 488 g/mol. The van der Waals surface area contributed by atoms with E-state index in [-0.39, 0.29) is 6.61 Å². The zero-order valence-corrected chi connectivity index (χ0v) is 17.4. The summed E-state index contributed by atoms with van der Waals surface area (Å²) < 4.78 is 26.8. The molecule has 33 heavy (non-hydrogen) atoms. The Hall–Kier alpha value is -0.600. The minimum atomic E-state index is -1.84. The average Bonchev–Trinajstić information content (AvgIpc) is 2.81. The molecule has 3 heterocycles. The lowest BCUT2D eigenvalue weighted by molar-refractivity contribution is -0.371. The van der Waals surface area contributed by atoms with Crippen LogP contribution in [0.25, 0.3) is 0 Å². The van der Waals surface area contributed by atoms with Gasteiger partial charge in [0.25, 0.3) is 0 Å². The van der Waals surface area contributed by atoms with Gasteiger partial charge in [-0.1, -0.05) is 0 Å². The summed E-state index contributed by atoms with van der Waals surface area (Å²) in [5.41, 5.74) is 0. The van der Waals surface area contributed by atoms with Crippen LogP contribution in [-0.4, -0.2) is 163 Å². The van der Waals surface area contributed by atoms with E-state index in [9.17, 15) is 51.1 Å². The number of ether oxygens (including phenoxy) is 5. The number of aliphatic hydroxyl groups excluding tert-OH is 10. The molecule has 3 aliphatic heterocycles. The van der Waals surface area contributed by atoms with Crippen LogP contribution in [0.3, 0.4) is 0 Å². The molecule has 15 nitrogen and oxygen atoms in total. The van der Waals surface area contributed by atoms with Crippen LogP contribution in [0.15, 0.2) is 0 Å². The van der Waals surface area contributed by atoms with Gasteiger partial charge in [0.2, 0.25) is 0 Å². The fraction of sp³-hybridized carbons (Fsp3) is 1.00. The highest BCUT2D eigenvalue weighted by molar-refractivity contribution is 4.95. The van der Waals surface area contributed by atoms with Gasteiger partial charge in [0.1, 0.15) is 73.2 Å². The molecular weight excluding hydrogens is 456 g/mol. The summed E-state index contributed by atoms with van der Waals surface area (Å²) in [6.07, 6.45) is -21.7. The molecule has 0 bridgehead atoms. The Bertz CT molecular complexity index is 605. The van der Waals surface area contributed by atoms with Gasteiger partial charge in [0.15, 0.2) is 12.6 Å². The Morgan fingerprint density at radius 2 is 1.03 bits per heavy atom. The summed E-state index contributed by atoms with van der Waals surface area (Å²) in [6, 6.07) is 0. The zero-order valence-electron chi connectivity index (χ0n) is 17.4. The van der Waals surface area contributed by atoms with Crippen LogP contribution in [0.4, 0.5) is 0 Å². The summed E-state index contributed by atoms with van der Waals surface area (Å²) in [4.78, 5) is 0. The zero-order chi connectivity index (χ0) is 24.4. The maximum atomic E-state index is 10.6. The lowest BCUT2D eigenvalue weighted by atomic mass is 9.96. The summed E-state index contributed by atoms with van der Waals surface area (Å²) in [5.74, 6) is 0. The number of hydrogen-bond acceptors (Lipinski definition) is 15. The summed E-state index contributed by atoms with van der Waals surface area (Å²) in [7, 11) is 0. The third-order valence-corrected chi connectivity index (χ3v) is 6.01. The molecule has 10 N–H and O–H groups in total. The predicted octanol–water partition coefficient (Wildman–Crippen LogP) is -6.89. The van der Waals surface area contributed by atoms with E-state index in [2.05, 4.69) is 0 Å². The molecule has 0 amide bonds. The topological polar surface area (TPSA) is 248 Å². The first-order valence-electron chi connectivity index (χ1n) is 10.5. The molecule has 0 aromatic carbocycles. The standard InChI is InChI=1S/C18H32O15/c19-1-6-10(24)11(25)13(27)17(30-6)33-16-8(3-21)31-18(14(28)12(16)26)32-15-7(2-20)29-4-5(22)9(15)23/h5-28H,1-4H2/t5?,6?,7?,8?,9-,10-,11?,12?,13+,14+,15-,16-,17-,18-/m1/s1. The molecule has 0 aliphatic carbocycles. The van der Waals surface area contributed by atoms with Gasteiger partial charge in [-0.2, -0.15) is 0 Å². The molecular formula is C18H32O15. The lowest BCUT2D eigenvalue weighted by Gasteiger charge is -2.47. The third kappa shape index (κ3) is 5.48. The summed E-state index contributed by atoms with van der Waals surface area (Å²) in [6.45, 7) is -2.36. The Kier molecular flexibility index (Phi) is 9.35. The Morgan fingerprint density at radius 3 is 1.58 bits per heavy atom. The van der Waals surface area contributed by atoms with Crippen molar-refractivity contribution in [3.8, 4) is 0 Å².